The average molecular weight is 258 g/mol. The van der Waals surface area contributed by atoms with Gasteiger partial charge in [-0.25, -0.2) is 4.98 Å². The van der Waals surface area contributed by atoms with Crippen LogP contribution >= 0.6 is 11.5 Å². The molecule has 0 spiro atoms. The average Bonchev–Trinajstić information content (AvgIpc) is 2.76. The third-order valence-electron chi connectivity index (χ3n) is 2.40. The lowest BCUT2D eigenvalue weighted by Gasteiger charge is -2.22. The molecule has 1 rings (SSSR count). The second-order valence-electron chi connectivity index (χ2n) is 4.44. The zero-order chi connectivity index (χ0) is 12.8. The van der Waals surface area contributed by atoms with Crippen LogP contribution in [0.3, 0.4) is 0 Å². The van der Waals surface area contributed by atoms with Gasteiger partial charge >= 0.3 is 0 Å². The van der Waals surface area contributed by atoms with Crippen molar-refractivity contribution in [3.8, 4) is 0 Å². The summed E-state index contributed by atoms with van der Waals surface area (Å²) in [7, 11) is 1.66. The number of nitrogens with zero attached hydrogens (tertiary/aromatic N) is 3. The van der Waals surface area contributed by atoms with E-state index in [0.29, 0.717) is 12.5 Å². The van der Waals surface area contributed by atoms with Gasteiger partial charge in [-0.2, -0.15) is 4.37 Å². The monoisotopic (exact) mass is 258 g/mol. The van der Waals surface area contributed by atoms with Crippen LogP contribution in [0.4, 0.5) is 5.13 Å². The van der Waals surface area contributed by atoms with E-state index in [1.165, 1.54) is 11.5 Å². The van der Waals surface area contributed by atoms with Gasteiger partial charge in [0, 0.05) is 38.3 Å². The maximum Gasteiger partial charge on any atom is 0.205 e. The molecule has 0 bridgehead atoms. The molecule has 1 atom stereocenters. The van der Waals surface area contributed by atoms with Gasteiger partial charge in [-0.1, -0.05) is 13.8 Å². The highest BCUT2D eigenvalue weighted by molar-refractivity contribution is 7.09. The fourth-order valence-electron chi connectivity index (χ4n) is 1.49. The number of rotatable bonds is 7. The molecule has 0 saturated heterocycles. The van der Waals surface area contributed by atoms with Gasteiger partial charge in [-0.05, 0) is 12.8 Å². The topological polar surface area (TPSA) is 64.3 Å². The van der Waals surface area contributed by atoms with Crippen LogP contribution in [0.1, 0.15) is 32.7 Å². The van der Waals surface area contributed by atoms with Crippen molar-refractivity contribution in [1.82, 2.24) is 9.36 Å². The second kappa shape index (κ2) is 6.88. The standard InChI is InChI=1S/C11H22N4OS/c1-8(2)7-15(6-5-12)11-13-10(14-17-11)9(3)16-4/h8-9H,5-7,12H2,1-4H3. The molecule has 0 aliphatic rings. The summed E-state index contributed by atoms with van der Waals surface area (Å²) >= 11 is 1.41. The molecule has 0 amide bonds. The summed E-state index contributed by atoms with van der Waals surface area (Å²) in [6.07, 6.45) is -0.0567. The molecular formula is C11H22N4OS. The van der Waals surface area contributed by atoms with Crippen LogP contribution in [-0.4, -0.2) is 36.1 Å². The number of ether oxygens (including phenoxy) is 1. The highest BCUT2D eigenvalue weighted by Gasteiger charge is 2.16. The maximum atomic E-state index is 5.63. The Morgan fingerprint density at radius 1 is 1.41 bits per heavy atom. The first-order valence-corrected chi connectivity index (χ1v) is 6.67. The molecule has 98 valence electrons. The molecular weight excluding hydrogens is 236 g/mol. The van der Waals surface area contributed by atoms with E-state index in [4.69, 9.17) is 10.5 Å². The molecule has 5 nitrogen and oxygen atoms in total. The zero-order valence-corrected chi connectivity index (χ0v) is 11.8. The fourth-order valence-corrected chi connectivity index (χ4v) is 2.27. The smallest absolute Gasteiger partial charge is 0.205 e. The number of methoxy groups -OCH3 is 1. The van der Waals surface area contributed by atoms with Crippen LogP contribution < -0.4 is 10.6 Å². The fraction of sp³-hybridized carbons (Fsp3) is 0.818. The predicted molar refractivity (Wildman–Crippen MR) is 71.4 cm³/mol. The van der Waals surface area contributed by atoms with Gasteiger partial charge in [0.25, 0.3) is 0 Å². The van der Waals surface area contributed by atoms with Crippen LogP contribution in [0.15, 0.2) is 0 Å². The van der Waals surface area contributed by atoms with Crippen molar-refractivity contribution in [1.29, 1.82) is 0 Å². The van der Waals surface area contributed by atoms with Crippen LogP contribution in [0.2, 0.25) is 0 Å². The Hall–Kier alpha value is -0.720. The summed E-state index contributed by atoms with van der Waals surface area (Å²) < 4.78 is 9.53. The Bertz CT molecular complexity index is 329. The van der Waals surface area contributed by atoms with Gasteiger partial charge in [0.1, 0.15) is 6.10 Å². The van der Waals surface area contributed by atoms with Crippen LogP contribution in [-0.2, 0) is 4.74 Å². The van der Waals surface area contributed by atoms with Crippen molar-refractivity contribution in [2.24, 2.45) is 11.7 Å². The summed E-state index contributed by atoms with van der Waals surface area (Å²) in [5, 5.41) is 0.933. The number of nitrogens with two attached hydrogens (primary N) is 1. The van der Waals surface area contributed by atoms with E-state index < -0.39 is 0 Å². The number of anilines is 1. The molecule has 0 fully saturated rings. The highest BCUT2D eigenvalue weighted by atomic mass is 32.1. The van der Waals surface area contributed by atoms with E-state index in [1.807, 2.05) is 6.92 Å². The summed E-state index contributed by atoms with van der Waals surface area (Å²) in [5.41, 5.74) is 5.63. The maximum absolute atomic E-state index is 5.63. The first-order valence-electron chi connectivity index (χ1n) is 5.89. The Morgan fingerprint density at radius 2 is 2.12 bits per heavy atom. The molecule has 0 saturated carbocycles. The first-order chi connectivity index (χ1) is 8.08. The quantitative estimate of drug-likeness (QED) is 0.806. The molecule has 0 aromatic carbocycles. The lowest BCUT2D eigenvalue weighted by atomic mass is 10.2. The molecule has 0 aliphatic heterocycles. The molecule has 6 heteroatoms. The van der Waals surface area contributed by atoms with Crippen LogP contribution in [0.25, 0.3) is 0 Å². The SMILES string of the molecule is COC(C)c1nsc(N(CCN)CC(C)C)n1. The van der Waals surface area contributed by atoms with E-state index in [-0.39, 0.29) is 6.10 Å². The van der Waals surface area contributed by atoms with Gasteiger partial charge in [0.05, 0.1) is 0 Å². The molecule has 1 heterocycles. The number of hydrogen-bond acceptors (Lipinski definition) is 6. The third kappa shape index (κ3) is 4.22. The van der Waals surface area contributed by atoms with Crippen molar-refractivity contribution >= 4 is 16.7 Å². The summed E-state index contributed by atoms with van der Waals surface area (Å²) in [4.78, 5) is 6.69. The van der Waals surface area contributed by atoms with Gasteiger partial charge in [-0.3, -0.25) is 0 Å². The molecule has 0 radical (unpaired) electrons. The normalized spacial score (nSPS) is 13.1. The van der Waals surface area contributed by atoms with Crippen LogP contribution in [0, 0.1) is 5.92 Å². The molecule has 17 heavy (non-hydrogen) atoms. The summed E-state index contributed by atoms with van der Waals surface area (Å²) in [5.74, 6) is 1.33. The minimum Gasteiger partial charge on any atom is -0.374 e. The number of aromatic nitrogens is 2. The Kier molecular flexibility index (Phi) is 5.80. The zero-order valence-electron chi connectivity index (χ0n) is 11.0. The lowest BCUT2D eigenvalue weighted by Crippen LogP contribution is -2.32. The minimum atomic E-state index is -0.0567. The third-order valence-corrected chi connectivity index (χ3v) is 3.19. The van der Waals surface area contributed by atoms with E-state index in [0.717, 1.165) is 24.0 Å². The van der Waals surface area contributed by atoms with Crippen molar-refractivity contribution in [2.45, 2.75) is 26.9 Å². The Morgan fingerprint density at radius 3 is 2.65 bits per heavy atom. The minimum absolute atomic E-state index is 0.0567. The molecule has 0 aliphatic carbocycles. The van der Waals surface area contributed by atoms with E-state index in [2.05, 4.69) is 28.1 Å². The van der Waals surface area contributed by atoms with Gasteiger partial charge in [-0.15, -0.1) is 0 Å². The molecule has 1 unspecified atom stereocenters. The molecule has 1 aromatic rings. The molecule has 1 aromatic heterocycles. The summed E-state index contributed by atoms with van der Waals surface area (Å²) in [6, 6.07) is 0. The second-order valence-corrected chi connectivity index (χ2v) is 5.17. The Labute approximate surface area is 107 Å². The van der Waals surface area contributed by atoms with Crippen molar-refractivity contribution in [2.75, 3.05) is 31.6 Å². The predicted octanol–water partition coefficient (Wildman–Crippen LogP) is 1.67. The first kappa shape index (κ1) is 14.3. The Balaban J connectivity index is 2.76. The van der Waals surface area contributed by atoms with Crippen molar-refractivity contribution in [3.63, 3.8) is 0 Å². The summed E-state index contributed by atoms with van der Waals surface area (Å²) in [6.45, 7) is 8.71. The van der Waals surface area contributed by atoms with Gasteiger partial charge in [0.15, 0.2) is 5.82 Å². The molecule has 2 N–H and O–H groups in total. The van der Waals surface area contributed by atoms with Crippen LogP contribution in [0.5, 0.6) is 0 Å². The number of hydrogen-bond donors (Lipinski definition) is 1. The van der Waals surface area contributed by atoms with Crippen molar-refractivity contribution < 1.29 is 4.74 Å². The van der Waals surface area contributed by atoms with E-state index >= 15 is 0 Å². The van der Waals surface area contributed by atoms with Crippen molar-refractivity contribution in [3.05, 3.63) is 5.82 Å². The van der Waals surface area contributed by atoms with E-state index in [9.17, 15) is 0 Å². The van der Waals surface area contributed by atoms with Gasteiger partial charge in [0.2, 0.25) is 5.13 Å². The van der Waals surface area contributed by atoms with E-state index in [1.54, 1.807) is 7.11 Å². The van der Waals surface area contributed by atoms with Gasteiger partial charge < -0.3 is 15.4 Å². The lowest BCUT2D eigenvalue weighted by molar-refractivity contribution is 0.113. The highest BCUT2D eigenvalue weighted by Crippen LogP contribution is 2.22. The largest absolute Gasteiger partial charge is 0.374 e.